The first kappa shape index (κ1) is 14.1. The summed E-state index contributed by atoms with van der Waals surface area (Å²) < 4.78 is 5.25. The fourth-order valence-corrected chi connectivity index (χ4v) is 2.50. The van der Waals surface area contributed by atoms with E-state index in [4.69, 9.17) is 9.84 Å². The quantitative estimate of drug-likeness (QED) is 0.770. The Hall–Kier alpha value is -1.34. The van der Waals surface area contributed by atoms with Crippen LogP contribution in [0.4, 0.5) is 4.79 Å². The number of ether oxygens (including phenoxy) is 1. The van der Waals surface area contributed by atoms with Gasteiger partial charge in [0.2, 0.25) is 0 Å². The number of nitrogens with one attached hydrogen (secondary N) is 1. The molecule has 2 aliphatic rings. The zero-order chi connectivity index (χ0) is 13.7. The topological polar surface area (TPSA) is 82.1 Å². The molecule has 19 heavy (non-hydrogen) atoms. The average Bonchev–Trinajstić information content (AvgIpc) is 2.39. The summed E-state index contributed by atoms with van der Waals surface area (Å²) in [6, 6.07) is -0.590. The van der Waals surface area contributed by atoms with Crippen molar-refractivity contribution in [1.82, 2.24) is 15.3 Å². The maximum absolute atomic E-state index is 12.2. The summed E-state index contributed by atoms with van der Waals surface area (Å²) in [5.74, 6) is -0.911. The number of piperidine rings is 1. The van der Waals surface area contributed by atoms with Crippen molar-refractivity contribution >= 4 is 12.0 Å². The van der Waals surface area contributed by atoms with Crippen molar-refractivity contribution in [1.29, 1.82) is 0 Å². The van der Waals surface area contributed by atoms with Crippen molar-refractivity contribution in [2.75, 3.05) is 32.8 Å². The average molecular weight is 271 g/mol. The lowest BCUT2D eigenvalue weighted by Crippen LogP contribution is -2.57. The Morgan fingerprint density at radius 1 is 1.21 bits per heavy atom. The van der Waals surface area contributed by atoms with Gasteiger partial charge in [0.1, 0.15) is 0 Å². The number of aliphatic carboxylic acids is 1. The van der Waals surface area contributed by atoms with Crippen LogP contribution in [0.5, 0.6) is 0 Å². The maximum Gasteiger partial charge on any atom is 0.332 e. The third kappa shape index (κ3) is 4.07. The molecule has 108 valence electrons. The minimum atomic E-state index is -0.911. The van der Waals surface area contributed by atoms with Crippen LogP contribution in [0.15, 0.2) is 0 Å². The fourth-order valence-electron chi connectivity index (χ4n) is 2.50. The van der Waals surface area contributed by atoms with Gasteiger partial charge < -0.3 is 14.7 Å². The highest BCUT2D eigenvalue weighted by Crippen LogP contribution is 2.12. The van der Waals surface area contributed by atoms with Gasteiger partial charge in [-0.05, 0) is 12.8 Å². The molecule has 7 heteroatoms. The van der Waals surface area contributed by atoms with Crippen molar-refractivity contribution in [3.63, 3.8) is 0 Å². The predicted octanol–water partition coefficient (Wildman–Crippen LogP) is 0.272. The Balaban J connectivity index is 1.88. The van der Waals surface area contributed by atoms with E-state index in [2.05, 4.69) is 5.43 Å². The number of carboxylic acid groups (broad SMARTS) is 1. The van der Waals surface area contributed by atoms with Crippen molar-refractivity contribution in [3.05, 3.63) is 0 Å². The third-order valence-corrected chi connectivity index (χ3v) is 3.51. The summed E-state index contributed by atoms with van der Waals surface area (Å²) in [6.07, 6.45) is 3.29. The lowest BCUT2D eigenvalue weighted by atomic mass is 10.1. The Labute approximate surface area is 112 Å². The summed E-state index contributed by atoms with van der Waals surface area (Å²) in [6.45, 7) is 2.92. The van der Waals surface area contributed by atoms with E-state index < -0.39 is 5.97 Å². The van der Waals surface area contributed by atoms with Crippen LogP contribution in [0, 0.1) is 0 Å². The lowest BCUT2D eigenvalue weighted by Gasteiger charge is -2.37. The number of rotatable bonds is 3. The fraction of sp³-hybridized carbons (Fsp3) is 0.833. The molecule has 2 aliphatic heterocycles. The molecule has 7 nitrogen and oxygen atoms in total. The minimum absolute atomic E-state index is 0.0760. The van der Waals surface area contributed by atoms with Gasteiger partial charge in [-0.25, -0.2) is 9.80 Å². The van der Waals surface area contributed by atoms with E-state index in [0.29, 0.717) is 19.8 Å². The first-order valence-electron chi connectivity index (χ1n) is 6.78. The van der Waals surface area contributed by atoms with Crippen molar-refractivity contribution < 1.29 is 19.4 Å². The van der Waals surface area contributed by atoms with Crippen molar-refractivity contribution in [3.8, 4) is 0 Å². The zero-order valence-electron chi connectivity index (χ0n) is 11.0. The second-order valence-corrected chi connectivity index (χ2v) is 4.98. The molecule has 2 N–H and O–H groups in total. The second-order valence-electron chi connectivity index (χ2n) is 4.98. The number of carbonyl (C=O) groups is 2. The van der Waals surface area contributed by atoms with Crippen molar-refractivity contribution in [2.24, 2.45) is 0 Å². The molecule has 2 amide bonds. The molecule has 0 aromatic carbocycles. The lowest BCUT2D eigenvalue weighted by molar-refractivity contribution is -0.139. The largest absolute Gasteiger partial charge is 0.481 e. The van der Waals surface area contributed by atoms with Crippen LogP contribution >= 0.6 is 0 Å². The number of amides is 2. The molecule has 2 rings (SSSR count). The molecular formula is C12H21N3O4. The van der Waals surface area contributed by atoms with Crippen LogP contribution in [0.25, 0.3) is 0 Å². The predicted molar refractivity (Wildman–Crippen MR) is 67.5 cm³/mol. The Morgan fingerprint density at radius 3 is 2.63 bits per heavy atom. The number of carboxylic acids is 1. The van der Waals surface area contributed by atoms with Gasteiger partial charge >= 0.3 is 12.0 Å². The number of hydrazine groups is 1. The van der Waals surface area contributed by atoms with E-state index in [1.165, 1.54) is 6.42 Å². The van der Waals surface area contributed by atoms with Gasteiger partial charge in [0, 0.05) is 19.6 Å². The smallest absolute Gasteiger partial charge is 0.332 e. The van der Waals surface area contributed by atoms with Gasteiger partial charge in [-0.1, -0.05) is 6.42 Å². The van der Waals surface area contributed by atoms with Gasteiger partial charge in [0.05, 0.1) is 25.7 Å². The molecule has 0 aromatic rings. The van der Waals surface area contributed by atoms with Crippen LogP contribution in [0.1, 0.15) is 25.7 Å². The number of hydrogen-bond acceptors (Lipinski definition) is 4. The molecule has 1 unspecified atom stereocenters. The monoisotopic (exact) mass is 271 g/mol. The molecule has 2 fully saturated rings. The van der Waals surface area contributed by atoms with E-state index in [-0.39, 0.29) is 18.5 Å². The second kappa shape index (κ2) is 6.72. The van der Waals surface area contributed by atoms with Gasteiger partial charge in [0.15, 0.2) is 0 Å². The maximum atomic E-state index is 12.2. The summed E-state index contributed by atoms with van der Waals surface area (Å²) in [7, 11) is 0. The zero-order valence-corrected chi connectivity index (χ0v) is 11.0. The summed E-state index contributed by atoms with van der Waals surface area (Å²) in [4.78, 5) is 24.6. The molecule has 0 saturated carbocycles. The van der Waals surface area contributed by atoms with Crippen molar-refractivity contribution in [2.45, 2.75) is 31.7 Å². The van der Waals surface area contributed by atoms with E-state index >= 15 is 0 Å². The van der Waals surface area contributed by atoms with E-state index in [0.717, 1.165) is 25.9 Å². The van der Waals surface area contributed by atoms with Gasteiger partial charge in [-0.2, -0.15) is 0 Å². The third-order valence-electron chi connectivity index (χ3n) is 3.51. The van der Waals surface area contributed by atoms with E-state index in [1.54, 1.807) is 4.90 Å². The Bertz CT molecular complexity index is 331. The molecule has 1 atom stereocenters. The first-order chi connectivity index (χ1) is 9.16. The number of hydrogen-bond donors (Lipinski definition) is 2. The minimum Gasteiger partial charge on any atom is -0.481 e. The van der Waals surface area contributed by atoms with Gasteiger partial charge in [-0.3, -0.25) is 10.2 Å². The Kier molecular flexibility index (Phi) is 4.98. The molecule has 0 aromatic heterocycles. The molecular weight excluding hydrogens is 250 g/mol. The van der Waals surface area contributed by atoms with Crippen LogP contribution in [-0.2, 0) is 9.53 Å². The van der Waals surface area contributed by atoms with Crippen LogP contribution in [-0.4, -0.2) is 65.9 Å². The molecule has 0 bridgehead atoms. The summed E-state index contributed by atoms with van der Waals surface area (Å²) in [5, 5.41) is 10.8. The molecule has 0 radical (unpaired) electrons. The van der Waals surface area contributed by atoms with E-state index in [1.807, 2.05) is 5.01 Å². The van der Waals surface area contributed by atoms with Crippen LogP contribution in [0.3, 0.4) is 0 Å². The highest BCUT2D eigenvalue weighted by Gasteiger charge is 2.30. The summed E-state index contributed by atoms with van der Waals surface area (Å²) >= 11 is 0. The van der Waals surface area contributed by atoms with E-state index in [9.17, 15) is 9.59 Å². The SMILES string of the molecule is O=C(O)CC1COCCN1C(=O)NN1CCCCC1. The standard InChI is InChI=1S/C12H21N3O4/c16-11(17)8-10-9-19-7-6-15(10)12(18)13-14-4-2-1-3-5-14/h10H,1-9H2,(H,13,18)(H,16,17). The summed E-state index contributed by atoms with van der Waals surface area (Å²) in [5.41, 5.74) is 2.86. The molecule has 0 aliphatic carbocycles. The van der Waals surface area contributed by atoms with Gasteiger partial charge in [0.25, 0.3) is 0 Å². The highest BCUT2D eigenvalue weighted by atomic mass is 16.5. The number of carbonyl (C=O) groups excluding carboxylic acids is 1. The van der Waals surface area contributed by atoms with Crippen LogP contribution in [0.2, 0.25) is 0 Å². The van der Waals surface area contributed by atoms with Crippen LogP contribution < -0.4 is 5.43 Å². The molecule has 0 spiro atoms. The van der Waals surface area contributed by atoms with Gasteiger partial charge in [-0.15, -0.1) is 0 Å². The first-order valence-corrected chi connectivity index (χ1v) is 6.78. The normalized spacial score (nSPS) is 25.1. The molecule has 2 saturated heterocycles. The number of morpholine rings is 1. The number of urea groups is 1. The molecule has 2 heterocycles. The highest BCUT2D eigenvalue weighted by molar-refractivity contribution is 5.75. The number of nitrogens with zero attached hydrogens (tertiary/aromatic N) is 2. The Morgan fingerprint density at radius 2 is 1.95 bits per heavy atom.